The Bertz CT molecular complexity index is 221. The van der Waals surface area contributed by atoms with Gasteiger partial charge in [-0.2, -0.15) is 0 Å². The van der Waals surface area contributed by atoms with E-state index in [1.807, 2.05) is 18.7 Å². The largest absolute Gasteiger partial charge is 0.375 e. The molecule has 0 bridgehead atoms. The summed E-state index contributed by atoms with van der Waals surface area (Å²) in [5.74, 6) is 0.0690. The molecule has 0 aliphatic carbocycles. The number of morpholine rings is 1. The van der Waals surface area contributed by atoms with E-state index >= 15 is 0 Å². The summed E-state index contributed by atoms with van der Waals surface area (Å²) in [6.07, 6.45) is 1.75. The van der Waals surface area contributed by atoms with Gasteiger partial charge in [0, 0.05) is 6.54 Å². The molecule has 1 heterocycles. The van der Waals surface area contributed by atoms with Gasteiger partial charge in [-0.1, -0.05) is 13.8 Å². The Kier molecular flexibility index (Phi) is 4.54. The number of hydrogen-bond donors (Lipinski definition) is 1. The Morgan fingerprint density at radius 3 is 2.80 bits per heavy atom. The highest BCUT2D eigenvalue weighted by molar-refractivity contribution is 5.82. The van der Waals surface area contributed by atoms with Gasteiger partial charge >= 0.3 is 0 Å². The number of ether oxygens (including phenoxy) is 1. The number of carbonyl (C=O) groups excluding carboxylic acids is 1. The third kappa shape index (κ3) is 2.92. The highest BCUT2D eigenvalue weighted by Crippen LogP contribution is 2.15. The minimum Gasteiger partial charge on any atom is -0.375 e. The van der Waals surface area contributed by atoms with Crippen LogP contribution in [0.2, 0.25) is 0 Å². The normalized spacial score (nSPS) is 28.9. The van der Waals surface area contributed by atoms with Gasteiger partial charge in [0.05, 0.1) is 24.8 Å². The van der Waals surface area contributed by atoms with Crippen LogP contribution >= 0.6 is 0 Å². The first-order valence-electron chi connectivity index (χ1n) is 5.77. The molecule has 1 amide bonds. The lowest BCUT2D eigenvalue weighted by atomic mass is 10.1. The fraction of sp³-hybridized carbons (Fsp3) is 0.909. The van der Waals surface area contributed by atoms with Crippen molar-refractivity contribution in [3.05, 3.63) is 0 Å². The molecule has 1 aliphatic rings. The molecule has 4 nitrogen and oxygen atoms in total. The van der Waals surface area contributed by atoms with Crippen LogP contribution in [-0.2, 0) is 9.53 Å². The maximum atomic E-state index is 12.0. The Morgan fingerprint density at radius 2 is 2.27 bits per heavy atom. The molecule has 3 unspecified atom stereocenters. The van der Waals surface area contributed by atoms with Gasteiger partial charge in [-0.25, -0.2) is 0 Å². The molecule has 1 fully saturated rings. The van der Waals surface area contributed by atoms with Crippen molar-refractivity contribution in [1.29, 1.82) is 0 Å². The smallest absolute Gasteiger partial charge is 0.239 e. The zero-order valence-electron chi connectivity index (χ0n) is 9.90. The minimum absolute atomic E-state index is 0.0690. The number of nitrogens with zero attached hydrogens (tertiary/aromatic N) is 1. The molecule has 0 radical (unpaired) electrons. The van der Waals surface area contributed by atoms with Gasteiger partial charge in [-0.15, -0.1) is 0 Å². The van der Waals surface area contributed by atoms with E-state index in [0.29, 0.717) is 19.6 Å². The van der Waals surface area contributed by atoms with Crippen molar-refractivity contribution in [3.8, 4) is 0 Å². The highest BCUT2D eigenvalue weighted by Gasteiger charge is 2.31. The topological polar surface area (TPSA) is 55.6 Å². The average molecular weight is 214 g/mol. The van der Waals surface area contributed by atoms with Crippen molar-refractivity contribution in [3.63, 3.8) is 0 Å². The summed E-state index contributed by atoms with van der Waals surface area (Å²) in [6, 6.07) is -0.157. The number of amides is 1. The van der Waals surface area contributed by atoms with Crippen LogP contribution in [-0.4, -0.2) is 42.1 Å². The predicted molar refractivity (Wildman–Crippen MR) is 59.5 cm³/mol. The van der Waals surface area contributed by atoms with Gasteiger partial charge < -0.3 is 15.4 Å². The van der Waals surface area contributed by atoms with Crippen LogP contribution < -0.4 is 5.73 Å². The second-order valence-corrected chi connectivity index (χ2v) is 4.21. The molecule has 0 aromatic rings. The van der Waals surface area contributed by atoms with E-state index < -0.39 is 0 Å². The van der Waals surface area contributed by atoms with Gasteiger partial charge in [0.2, 0.25) is 5.91 Å². The maximum absolute atomic E-state index is 12.0. The van der Waals surface area contributed by atoms with Crippen LogP contribution in [0, 0.1) is 0 Å². The molecule has 0 spiro atoms. The van der Waals surface area contributed by atoms with E-state index in [-0.39, 0.29) is 24.1 Å². The number of rotatable bonds is 3. The Labute approximate surface area is 91.8 Å². The SMILES string of the molecule is CCC(N)C(=O)N1CC(C)OCC1CC. The van der Waals surface area contributed by atoms with E-state index in [4.69, 9.17) is 10.5 Å². The summed E-state index contributed by atoms with van der Waals surface area (Å²) < 4.78 is 5.54. The van der Waals surface area contributed by atoms with Crippen LogP contribution in [0.15, 0.2) is 0 Å². The highest BCUT2D eigenvalue weighted by atomic mass is 16.5. The number of carbonyl (C=O) groups is 1. The monoisotopic (exact) mass is 214 g/mol. The van der Waals surface area contributed by atoms with Crippen molar-refractivity contribution < 1.29 is 9.53 Å². The van der Waals surface area contributed by atoms with Crippen LogP contribution in [0.25, 0.3) is 0 Å². The first kappa shape index (κ1) is 12.5. The molecule has 15 heavy (non-hydrogen) atoms. The van der Waals surface area contributed by atoms with Crippen LogP contribution in [0.5, 0.6) is 0 Å². The molecule has 0 saturated carbocycles. The molecule has 1 aliphatic heterocycles. The second kappa shape index (κ2) is 5.47. The van der Waals surface area contributed by atoms with Gasteiger partial charge in [0.15, 0.2) is 0 Å². The number of nitrogens with two attached hydrogens (primary N) is 1. The van der Waals surface area contributed by atoms with E-state index in [2.05, 4.69) is 6.92 Å². The predicted octanol–water partition coefficient (Wildman–Crippen LogP) is 0.750. The first-order valence-corrected chi connectivity index (χ1v) is 5.77. The van der Waals surface area contributed by atoms with Gasteiger partial charge in [-0.3, -0.25) is 4.79 Å². The quantitative estimate of drug-likeness (QED) is 0.754. The molecule has 4 heteroatoms. The molecule has 88 valence electrons. The Morgan fingerprint density at radius 1 is 1.60 bits per heavy atom. The maximum Gasteiger partial charge on any atom is 0.239 e. The van der Waals surface area contributed by atoms with Crippen molar-refractivity contribution >= 4 is 5.91 Å². The lowest BCUT2D eigenvalue weighted by molar-refractivity contribution is -0.145. The van der Waals surface area contributed by atoms with E-state index in [1.54, 1.807) is 0 Å². The van der Waals surface area contributed by atoms with Gasteiger partial charge in [-0.05, 0) is 19.8 Å². The van der Waals surface area contributed by atoms with Crippen molar-refractivity contribution in [2.75, 3.05) is 13.2 Å². The molecule has 0 aromatic heterocycles. The zero-order chi connectivity index (χ0) is 11.4. The second-order valence-electron chi connectivity index (χ2n) is 4.21. The summed E-state index contributed by atoms with van der Waals surface area (Å²) in [6.45, 7) is 7.31. The molecule has 1 saturated heterocycles. The first-order chi connectivity index (χ1) is 7.10. The van der Waals surface area contributed by atoms with Crippen LogP contribution in [0.1, 0.15) is 33.6 Å². The number of hydrogen-bond acceptors (Lipinski definition) is 3. The summed E-state index contributed by atoms with van der Waals surface area (Å²) >= 11 is 0. The Balaban J connectivity index is 2.66. The molecule has 3 atom stereocenters. The molecule has 0 aromatic carbocycles. The molecular weight excluding hydrogens is 192 g/mol. The van der Waals surface area contributed by atoms with Crippen LogP contribution in [0.3, 0.4) is 0 Å². The van der Waals surface area contributed by atoms with Crippen molar-refractivity contribution in [2.45, 2.75) is 51.8 Å². The van der Waals surface area contributed by atoms with Gasteiger partial charge in [0.1, 0.15) is 0 Å². The van der Waals surface area contributed by atoms with Gasteiger partial charge in [0.25, 0.3) is 0 Å². The third-order valence-electron chi connectivity index (χ3n) is 2.98. The van der Waals surface area contributed by atoms with Crippen LogP contribution in [0.4, 0.5) is 0 Å². The van der Waals surface area contributed by atoms with Crippen molar-refractivity contribution in [1.82, 2.24) is 4.90 Å². The summed E-state index contributed by atoms with van der Waals surface area (Å²) in [5, 5.41) is 0. The van der Waals surface area contributed by atoms with E-state index in [1.165, 1.54) is 0 Å². The third-order valence-corrected chi connectivity index (χ3v) is 2.98. The van der Waals surface area contributed by atoms with E-state index in [9.17, 15) is 4.79 Å². The molecule has 1 rings (SSSR count). The fourth-order valence-electron chi connectivity index (χ4n) is 1.84. The van der Waals surface area contributed by atoms with Crippen molar-refractivity contribution in [2.24, 2.45) is 5.73 Å². The van der Waals surface area contributed by atoms with E-state index in [0.717, 1.165) is 6.42 Å². The zero-order valence-corrected chi connectivity index (χ0v) is 9.90. The lowest BCUT2D eigenvalue weighted by Crippen LogP contribution is -2.55. The lowest BCUT2D eigenvalue weighted by Gasteiger charge is -2.39. The average Bonchev–Trinajstić information content (AvgIpc) is 2.27. The standard InChI is InChI=1S/C11H22N2O2/c1-4-9-7-15-8(3)6-13(9)11(14)10(12)5-2/h8-10H,4-7,12H2,1-3H3. The molecular formula is C11H22N2O2. The Hall–Kier alpha value is -0.610. The summed E-state index contributed by atoms with van der Waals surface area (Å²) in [7, 11) is 0. The minimum atomic E-state index is -0.357. The summed E-state index contributed by atoms with van der Waals surface area (Å²) in [5.41, 5.74) is 5.78. The fourth-order valence-corrected chi connectivity index (χ4v) is 1.84. The summed E-state index contributed by atoms with van der Waals surface area (Å²) in [4.78, 5) is 13.9. The molecule has 2 N–H and O–H groups in total.